The highest BCUT2D eigenvalue weighted by Gasteiger charge is 2.22. The van der Waals surface area contributed by atoms with Crippen LogP contribution in [-0.2, 0) is 4.79 Å². The zero-order valence-electron chi connectivity index (χ0n) is 13.1. The van der Waals surface area contributed by atoms with Gasteiger partial charge in [0.05, 0.1) is 19.5 Å². The molecule has 0 aliphatic carbocycles. The van der Waals surface area contributed by atoms with Crippen molar-refractivity contribution in [1.82, 2.24) is 0 Å². The van der Waals surface area contributed by atoms with Crippen LogP contribution in [0.5, 0.6) is 11.5 Å². The van der Waals surface area contributed by atoms with Gasteiger partial charge in [-0.05, 0) is 19.1 Å². The number of carbonyl (C=O) groups excluding carboxylic acids is 1. The van der Waals surface area contributed by atoms with Gasteiger partial charge in [-0.3, -0.25) is 4.79 Å². The van der Waals surface area contributed by atoms with Crippen molar-refractivity contribution < 1.29 is 24.1 Å². The van der Waals surface area contributed by atoms with Crippen LogP contribution in [0.3, 0.4) is 0 Å². The molecule has 22 heavy (non-hydrogen) atoms. The summed E-state index contributed by atoms with van der Waals surface area (Å²) in [6, 6.07) is 5.49. The van der Waals surface area contributed by atoms with E-state index in [1.165, 1.54) is 37.6 Å². The zero-order valence-corrected chi connectivity index (χ0v) is 13.1. The van der Waals surface area contributed by atoms with Crippen molar-refractivity contribution in [3.63, 3.8) is 0 Å². The Bertz CT molecular complexity index is 527. The van der Waals surface area contributed by atoms with Crippen molar-refractivity contribution in [2.24, 2.45) is 0 Å². The molecule has 0 saturated carbocycles. The minimum absolute atomic E-state index is 0.0663. The lowest BCUT2D eigenvalue weighted by Crippen LogP contribution is -3.28. The lowest BCUT2D eigenvalue weighted by molar-refractivity contribution is -1.01. The summed E-state index contributed by atoms with van der Waals surface area (Å²) in [7, 11) is 0. The second-order valence-corrected chi connectivity index (χ2v) is 5.97. The molecule has 0 spiro atoms. The molecular formula is C16H25N3O3+2. The van der Waals surface area contributed by atoms with E-state index in [2.05, 4.69) is 12.2 Å². The van der Waals surface area contributed by atoms with Gasteiger partial charge >= 0.3 is 0 Å². The van der Waals surface area contributed by atoms with E-state index in [0.29, 0.717) is 12.2 Å². The molecule has 1 aromatic carbocycles. The Balaban J connectivity index is 1.43. The molecule has 0 aromatic heterocycles. The highest BCUT2D eigenvalue weighted by molar-refractivity contribution is 5.91. The number of nitrogens with one attached hydrogen (secondary N) is 3. The third kappa shape index (κ3) is 3.69. The van der Waals surface area contributed by atoms with E-state index in [1.807, 2.05) is 18.2 Å². The fourth-order valence-electron chi connectivity index (χ4n) is 3.05. The van der Waals surface area contributed by atoms with Crippen LogP contribution in [0.25, 0.3) is 0 Å². The van der Waals surface area contributed by atoms with Crippen molar-refractivity contribution in [1.29, 1.82) is 0 Å². The van der Waals surface area contributed by atoms with Gasteiger partial charge in [0.25, 0.3) is 0 Å². The quantitative estimate of drug-likeness (QED) is 0.624. The van der Waals surface area contributed by atoms with E-state index in [9.17, 15) is 4.79 Å². The Hall–Kier alpha value is -1.79. The first-order chi connectivity index (χ1) is 10.7. The molecule has 2 heterocycles. The molecule has 0 radical (unpaired) electrons. The van der Waals surface area contributed by atoms with Gasteiger partial charge in [0, 0.05) is 11.8 Å². The molecule has 0 atom stereocenters. The predicted octanol–water partition coefficient (Wildman–Crippen LogP) is -1.45. The number of quaternary nitrogens is 2. The summed E-state index contributed by atoms with van der Waals surface area (Å²) in [5.41, 5.74) is 0.768. The Morgan fingerprint density at radius 1 is 1.14 bits per heavy atom. The first-order valence-electron chi connectivity index (χ1n) is 8.11. The molecule has 2 aliphatic heterocycles. The van der Waals surface area contributed by atoms with Crippen LogP contribution >= 0.6 is 0 Å². The molecule has 2 aliphatic rings. The predicted molar refractivity (Wildman–Crippen MR) is 82.6 cm³/mol. The Morgan fingerprint density at radius 2 is 1.86 bits per heavy atom. The Kier molecular flexibility index (Phi) is 4.80. The third-order valence-electron chi connectivity index (χ3n) is 4.53. The van der Waals surface area contributed by atoms with Crippen LogP contribution in [0.15, 0.2) is 18.2 Å². The van der Waals surface area contributed by atoms with E-state index in [1.54, 1.807) is 4.90 Å². The number of hydrogen-bond donors (Lipinski definition) is 3. The molecule has 0 bridgehead atoms. The number of benzene rings is 1. The lowest BCUT2D eigenvalue weighted by Gasteiger charge is -2.28. The number of rotatable bonds is 5. The molecule has 3 N–H and O–H groups in total. The van der Waals surface area contributed by atoms with Gasteiger partial charge in [-0.1, -0.05) is 0 Å². The maximum absolute atomic E-state index is 12.1. The molecule has 120 valence electrons. The number of fused-ring (bicyclic) bond motifs is 1. The molecule has 1 amide bonds. The molecule has 1 saturated heterocycles. The van der Waals surface area contributed by atoms with Gasteiger partial charge in [-0.25, -0.2) is 0 Å². The van der Waals surface area contributed by atoms with E-state index in [4.69, 9.17) is 9.47 Å². The molecular weight excluding hydrogens is 282 g/mol. The van der Waals surface area contributed by atoms with Gasteiger partial charge in [-0.15, -0.1) is 0 Å². The molecule has 6 heteroatoms. The third-order valence-corrected chi connectivity index (χ3v) is 4.53. The zero-order chi connectivity index (χ0) is 15.4. The lowest BCUT2D eigenvalue weighted by atomic mass is 10.2. The van der Waals surface area contributed by atoms with E-state index < -0.39 is 0 Å². The molecule has 1 aromatic rings. The number of carbonyl (C=O) groups is 1. The average Bonchev–Trinajstić information content (AvgIpc) is 3.01. The number of amides is 1. The minimum atomic E-state index is 0.0663. The first kappa shape index (κ1) is 15.1. The van der Waals surface area contributed by atoms with Gasteiger partial charge < -0.3 is 24.6 Å². The van der Waals surface area contributed by atoms with Gasteiger partial charge in [0.1, 0.15) is 26.2 Å². The second-order valence-electron chi connectivity index (χ2n) is 5.97. The summed E-state index contributed by atoms with van der Waals surface area (Å²) in [6.45, 7) is 9.37. The van der Waals surface area contributed by atoms with Crippen LogP contribution < -0.4 is 24.6 Å². The van der Waals surface area contributed by atoms with Crippen LogP contribution in [0.4, 0.5) is 5.69 Å². The summed E-state index contributed by atoms with van der Waals surface area (Å²) in [5.74, 6) is 1.50. The van der Waals surface area contributed by atoms with Crippen molar-refractivity contribution in [3.05, 3.63) is 18.2 Å². The average molecular weight is 307 g/mol. The number of piperazine rings is 1. The second kappa shape index (κ2) is 6.98. The van der Waals surface area contributed by atoms with Crippen LogP contribution in [0.1, 0.15) is 13.3 Å². The van der Waals surface area contributed by atoms with Gasteiger partial charge in [0.15, 0.2) is 11.5 Å². The number of hydrogen-bond acceptors (Lipinski definition) is 3. The van der Waals surface area contributed by atoms with Crippen LogP contribution in [-0.4, -0.2) is 52.0 Å². The summed E-state index contributed by atoms with van der Waals surface area (Å²) in [6.07, 6.45) is 0.561. The normalized spacial score (nSPS) is 23.3. The fraction of sp³-hybridized carbons (Fsp3) is 0.562. The smallest absolute Gasteiger partial charge is 0.231 e. The molecule has 0 unspecified atom stereocenters. The molecule has 3 rings (SSSR count). The van der Waals surface area contributed by atoms with E-state index in [-0.39, 0.29) is 12.7 Å². The van der Waals surface area contributed by atoms with Crippen molar-refractivity contribution in [2.75, 3.05) is 51.4 Å². The number of ether oxygens (including phenoxy) is 2. The molecule has 1 fully saturated rings. The number of anilines is 1. The monoisotopic (exact) mass is 307 g/mol. The van der Waals surface area contributed by atoms with Crippen molar-refractivity contribution in [3.8, 4) is 11.5 Å². The highest BCUT2D eigenvalue weighted by atomic mass is 16.7. The standard InChI is InChI=1S/C16H23N3O3/c1-2-18-7-9-19(10-8-18)6-5-16(20)17-13-3-4-14-15(11-13)22-12-21-14/h3-4,11H,2,5-10,12H2,1H3,(H,17,20)/p+2. The summed E-state index contributed by atoms with van der Waals surface area (Å²) in [4.78, 5) is 15.3. The topological polar surface area (TPSA) is 56.4 Å². The van der Waals surface area contributed by atoms with Gasteiger partial charge in [0.2, 0.25) is 12.7 Å². The largest absolute Gasteiger partial charge is 0.454 e. The molecule has 6 nitrogen and oxygen atoms in total. The van der Waals surface area contributed by atoms with E-state index >= 15 is 0 Å². The van der Waals surface area contributed by atoms with Crippen LogP contribution in [0.2, 0.25) is 0 Å². The summed E-state index contributed by atoms with van der Waals surface area (Å²) < 4.78 is 10.6. The maximum atomic E-state index is 12.1. The summed E-state index contributed by atoms with van der Waals surface area (Å²) in [5, 5.41) is 2.94. The fourth-order valence-corrected chi connectivity index (χ4v) is 3.05. The maximum Gasteiger partial charge on any atom is 0.231 e. The Morgan fingerprint density at radius 3 is 2.64 bits per heavy atom. The van der Waals surface area contributed by atoms with Crippen molar-refractivity contribution >= 4 is 11.6 Å². The SMILES string of the molecule is CC[NH+]1CC[NH+](CCC(=O)Nc2ccc3c(c2)OCO3)CC1. The first-order valence-corrected chi connectivity index (χ1v) is 8.11. The van der Waals surface area contributed by atoms with Crippen LogP contribution in [0, 0.1) is 0 Å². The minimum Gasteiger partial charge on any atom is -0.454 e. The van der Waals surface area contributed by atoms with Gasteiger partial charge in [-0.2, -0.15) is 0 Å². The number of likely N-dealkylation sites (N-methyl/N-ethyl adjacent to an activating group) is 1. The summed E-state index contributed by atoms with van der Waals surface area (Å²) >= 11 is 0. The van der Waals surface area contributed by atoms with E-state index in [0.717, 1.165) is 18.0 Å². The van der Waals surface area contributed by atoms with Crippen molar-refractivity contribution in [2.45, 2.75) is 13.3 Å². The highest BCUT2D eigenvalue weighted by Crippen LogP contribution is 2.34. The Labute approximate surface area is 131 Å².